The Morgan fingerprint density at radius 3 is 2.17 bits per heavy atom. The van der Waals surface area contributed by atoms with Crippen LogP contribution >= 0.6 is 0 Å². The van der Waals surface area contributed by atoms with E-state index < -0.39 is 11.7 Å². The average molecular weight is 178 g/mol. The molecule has 74 valence electrons. The van der Waals surface area contributed by atoms with E-state index in [0.717, 1.165) is 0 Å². The fraction of sp³-hybridized carbons (Fsp3) is 1.00. The molecule has 0 rings (SSSR count). The van der Waals surface area contributed by atoms with Crippen molar-refractivity contribution < 1.29 is 20.4 Å². The molecular weight excluding hydrogens is 160 g/mol. The molecule has 0 amide bonds. The number of hydrogen-bond acceptors (Lipinski definition) is 4. The summed E-state index contributed by atoms with van der Waals surface area (Å²) in [6, 6.07) is 0. The van der Waals surface area contributed by atoms with Gasteiger partial charge < -0.3 is 20.4 Å². The molecule has 0 saturated carbocycles. The van der Waals surface area contributed by atoms with Crippen LogP contribution in [0.4, 0.5) is 0 Å². The van der Waals surface area contributed by atoms with Gasteiger partial charge in [0, 0.05) is 25.6 Å². The average Bonchev–Trinajstić information content (AvgIpc) is 2.01. The highest BCUT2D eigenvalue weighted by atomic mass is 16.3. The van der Waals surface area contributed by atoms with Crippen LogP contribution in [0.3, 0.4) is 0 Å². The van der Waals surface area contributed by atoms with Crippen LogP contribution in [0.15, 0.2) is 0 Å². The van der Waals surface area contributed by atoms with Crippen molar-refractivity contribution in [3.63, 3.8) is 0 Å². The first kappa shape index (κ1) is 11.8. The summed E-state index contributed by atoms with van der Waals surface area (Å²) < 4.78 is 0. The van der Waals surface area contributed by atoms with Crippen molar-refractivity contribution in [2.24, 2.45) is 5.92 Å². The molecule has 0 aromatic rings. The van der Waals surface area contributed by atoms with Gasteiger partial charge in [0.15, 0.2) is 0 Å². The molecular formula is C8H18O4. The van der Waals surface area contributed by atoms with Gasteiger partial charge in [-0.15, -0.1) is 0 Å². The molecule has 3 atom stereocenters. The van der Waals surface area contributed by atoms with E-state index in [2.05, 4.69) is 0 Å². The first-order valence-electron chi connectivity index (χ1n) is 4.08. The van der Waals surface area contributed by atoms with E-state index >= 15 is 0 Å². The van der Waals surface area contributed by atoms with Gasteiger partial charge in [-0.05, 0) is 6.92 Å². The molecule has 0 heterocycles. The zero-order chi connectivity index (χ0) is 9.78. The molecule has 0 saturated heterocycles. The maximum absolute atomic E-state index is 9.56. The van der Waals surface area contributed by atoms with E-state index in [-0.39, 0.29) is 25.6 Å². The maximum Gasteiger partial charge on any atom is 0.0902 e. The van der Waals surface area contributed by atoms with Crippen molar-refractivity contribution in [1.29, 1.82) is 0 Å². The quantitative estimate of drug-likeness (QED) is 0.440. The summed E-state index contributed by atoms with van der Waals surface area (Å²) in [6.45, 7) is 2.72. The molecule has 4 heteroatoms. The number of aliphatic hydroxyl groups is 4. The van der Waals surface area contributed by atoms with E-state index in [1.54, 1.807) is 6.92 Å². The Balaban J connectivity index is 4.13. The van der Waals surface area contributed by atoms with Gasteiger partial charge in [0.25, 0.3) is 0 Å². The minimum Gasteiger partial charge on any atom is -0.396 e. The van der Waals surface area contributed by atoms with Gasteiger partial charge in [-0.25, -0.2) is 0 Å². The Kier molecular flexibility index (Phi) is 4.70. The summed E-state index contributed by atoms with van der Waals surface area (Å²) in [4.78, 5) is 0. The van der Waals surface area contributed by atoms with Crippen molar-refractivity contribution in [2.45, 2.75) is 32.0 Å². The fourth-order valence-corrected chi connectivity index (χ4v) is 1.09. The Labute approximate surface area is 72.5 Å². The molecule has 4 N–H and O–H groups in total. The number of rotatable bonds is 5. The highest BCUT2D eigenvalue weighted by Crippen LogP contribution is 2.20. The predicted octanol–water partition coefficient (Wildman–Crippen LogP) is -0.891. The molecule has 0 bridgehead atoms. The van der Waals surface area contributed by atoms with Crippen LogP contribution in [-0.4, -0.2) is 45.3 Å². The summed E-state index contributed by atoms with van der Waals surface area (Å²) in [7, 11) is 0. The molecule has 0 aliphatic heterocycles. The monoisotopic (exact) mass is 178 g/mol. The van der Waals surface area contributed by atoms with Crippen LogP contribution in [-0.2, 0) is 0 Å². The minimum absolute atomic E-state index is 0.110. The lowest BCUT2D eigenvalue weighted by Gasteiger charge is -2.31. The second-order valence-electron chi connectivity index (χ2n) is 3.44. The normalized spacial score (nSPS) is 21.5. The van der Waals surface area contributed by atoms with Crippen molar-refractivity contribution >= 4 is 0 Å². The third-order valence-electron chi connectivity index (χ3n) is 2.08. The molecule has 0 fully saturated rings. The predicted molar refractivity (Wildman–Crippen MR) is 44.6 cm³/mol. The molecule has 0 radical (unpaired) electrons. The maximum atomic E-state index is 9.56. The van der Waals surface area contributed by atoms with Gasteiger partial charge >= 0.3 is 0 Å². The summed E-state index contributed by atoms with van der Waals surface area (Å²) in [5, 5.41) is 36.3. The van der Waals surface area contributed by atoms with Crippen LogP contribution in [0.2, 0.25) is 0 Å². The summed E-state index contributed by atoms with van der Waals surface area (Å²) >= 11 is 0. The first-order chi connectivity index (χ1) is 5.45. The Hall–Kier alpha value is -0.160. The molecule has 12 heavy (non-hydrogen) atoms. The second-order valence-corrected chi connectivity index (χ2v) is 3.44. The largest absolute Gasteiger partial charge is 0.396 e. The summed E-state index contributed by atoms with van der Waals surface area (Å²) in [6.07, 6.45) is -0.895. The Bertz CT molecular complexity index is 124. The van der Waals surface area contributed by atoms with Gasteiger partial charge in [-0.3, -0.25) is 0 Å². The molecule has 3 unspecified atom stereocenters. The van der Waals surface area contributed by atoms with Gasteiger partial charge in [0.1, 0.15) is 0 Å². The van der Waals surface area contributed by atoms with Crippen molar-refractivity contribution in [3.8, 4) is 0 Å². The van der Waals surface area contributed by atoms with E-state index in [9.17, 15) is 10.2 Å². The van der Waals surface area contributed by atoms with Crippen LogP contribution in [0.5, 0.6) is 0 Å². The van der Waals surface area contributed by atoms with Crippen molar-refractivity contribution in [1.82, 2.24) is 0 Å². The molecule has 0 aliphatic rings. The second kappa shape index (κ2) is 4.77. The van der Waals surface area contributed by atoms with Gasteiger partial charge in [-0.1, -0.05) is 6.92 Å². The van der Waals surface area contributed by atoms with Gasteiger partial charge in [0.05, 0.1) is 11.7 Å². The lowest BCUT2D eigenvalue weighted by Crippen LogP contribution is -2.45. The minimum atomic E-state index is -1.32. The summed E-state index contributed by atoms with van der Waals surface area (Å²) in [5.74, 6) is -0.383. The van der Waals surface area contributed by atoms with E-state index in [1.807, 2.05) is 0 Å². The highest BCUT2D eigenvalue weighted by Gasteiger charge is 2.33. The Morgan fingerprint density at radius 1 is 1.33 bits per heavy atom. The SMILES string of the molecule is CC(CO)C(O)C(C)(O)CCO. The van der Waals surface area contributed by atoms with Crippen LogP contribution in [0, 0.1) is 5.92 Å². The molecule has 4 nitrogen and oxygen atoms in total. The standard InChI is InChI=1S/C8H18O4/c1-6(5-10)7(11)8(2,12)3-4-9/h6-7,9-12H,3-5H2,1-2H3. The van der Waals surface area contributed by atoms with E-state index in [0.29, 0.717) is 0 Å². The van der Waals surface area contributed by atoms with E-state index in [4.69, 9.17) is 10.2 Å². The zero-order valence-electron chi connectivity index (χ0n) is 7.56. The van der Waals surface area contributed by atoms with Gasteiger partial charge in [0.2, 0.25) is 0 Å². The molecule has 0 aliphatic carbocycles. The zero-order valence-corrected chi connectivity index (χ0v) is 7.56. The molecule has 0 aromatic heterocycles. The van der Waals surface area contributed by atoms with E-state index in [1.165, 1.54) is 6.92 Å². The van der Waals surface area contributed by atoms with Crippen molar-refractivity contribution in [2.75, 3.05) is 13.2 Å². The smallest absolute Gasteiger partial charge is 0.0902 e. The molecule has 0 aromatic carbocycles. The van der Waals surface area contributed by atoms with Crippen LogP contribution in [0.1, 0.15) is 20.3 Å². The van der Waals surface area contributed by atoms with Crippen LogP contribution < -0.4 is 0 Å². The fourth-order valence-electron chi connectivity index (χ4n) is 1.09. The third kappa shape index (κ3) is 3.06. The topological polar surface area (TPSA) is 80.9 Å². The molecule has 0 spiro atoms. The lowest BCUT2D eigenvalue weighted by molar-refractivity contribution is -0.103. The Morgan fingerprint density at radius 2 is 1.83 bits per heavy atom. The highest BCUT2D eigenvalue weighted by molar-refractivity contribution is 4.84. The van der Waals surface area contributed by atoms with Crippen molar-refractivity contribution in [3.05, 3.63) is 0 Å². The van der Waals surface area contributed by atoms with Crippen LogP contribution in [0.25, 0.3) is 0 Å². The number of aliphatic hydroxyl groups excluding tert-OH is 3. The number of hydrogen-bond donors (Lipinski definition) is 4. The van der Waals surface area contributed by atoms with Gasteiger partial charge in [-0.2, -0.15) is 0 Å². The third-order valence-corrected chi connectivity index (χ3v) is 2.08. The first-order valence-corrected chi connectivity index (χ1v) is 4.08. The lowest BCUT2D eigenvalue weighted by atomic mass is 9.87. The summed E-state index contributed by atoms with van der Waals surface area (Å²) in [5.41, 5.74) is -1.32.